The highest BCUT2D eigenvalue weighted by molar-refractivity contribution is 5.63. The van der Waals surface area contributed by atoms with Crippen LogP contribution in [0.3, 0.4) is 0 Å². The maximum atomic E-state index is 6.36. The molecule has 2 N–H and O–H groups in total. The van der Waals surface area contributed by atoms with Crippen LogP contribution in [0.1, 0.15) is 57.2 Å². The van der Waals surface area contributed by atoms with E-state index in [0.29, 0.717) is 24.3 Å². The second-order valence-electron chi connectivity index (χ2n) is 8.83. The predicted molar refractivity (Wildman–Crippen MR) is 110 cm³/mol. The molecular formula is C22H29N5O. The molecule has 148 valence electrons. The minimum Gasteiger partial charge on any atom is -0.476 e. The van der Waals surface area contributed by atoms with E-state index in [4.69, 9.17) is 15.6 Å². The Hall–Kier alpha value is -2.47. The number of fused-ring (bicyclic) bond motifs is 1. The third-order valence-electron chi connectivity index (χ3n) is 5.11. The number of pyridine rings is 1. The summed E-state index contributed by atoms with van der Waals surface area (Å²) in [7, 11) is 0. The fraction of sp³-hybridized carbons (Fsp3) is 0.500. The van der Waals surface area contributed by atoms with Gasteiger partial charge in [0.1, 0.15) is 6.61 Å². The second kappa shape index (κ2) is 7.17. The molecule has 3 aromatic heterocycles. The lowest BCUT2D eigenvalue weighted by Crippen LogP contribution is -2.43. The molecule has 4 rings (SSSR count). The molecule has 0 aliphatic heterocycles. The van der Waals surface area contributed by atoms with E-state index in [1.54, 1.807) is 0 Å². The molecule has 0 bridgehead atoms. The fourth-order valence-corrected chi connectivity index (χ4v) is 3.79. The predicted octanol–water partition coefficient (Wildman–Crippen LogP) is 4.12. The largest absolute Gasteiger partial charge is 0.476 e. The van der Waals surface area contributed by atoms with Crippen LogP contribution in [0.5, 0.6) is 5.88 Å². The Kier molecular flexibility index (Phi) is 4.83. The molecule has 0 saturated heterocycles. The van der Waals surface area contributed by atoms with Gasteiger partial charge in [0.15, 0.2) is 5.65 Å². The van der Waals surface area contributed by atoms with Crippen LogP contribution >= 0.6 is 0 Å². The van der Waals surface area contributed by atoms with Crippen LogP contribution in [0.25, 0.3) is 16.9 Å². The highest BCUT2D eigenvalue weighted by Crippen LogP contribution is 2.39. The third-order valence-corrected chi connectivity index (χ3v) is 5.11. The van der Waals surface area contributed by atoms with E-state index in [1.165, 1.54) is 12.8 Å². The van der Waals surface area contributed by atoms with Crippen molar-refractivity contribution >= 4 is 5.65 Å². The van der Waals surface area contributed by atoms with Crippen molar-refractivity contribution < 1.29 is 4.74 Å². The number of ether oxygens (including phenoxy) is 1. The highest BCUT2D eigenvalue weighted by Gasteiger charge is 2.27. The molecular weight excluding hydrogens is 350 g/mol. The molecule has 6 heteroatoms. The molecule has 0 radical (unpaired) electrons. The van der Waals surface area contributed by atoms with Gasteiger partial charge in [-0.1, -0.05) is 13.8 Å². The maximum Gasteiger partial charge on any atom is 0.216 e. The van der Waals surface area contributed by atoms with Gasteiger partial charge < -0.3 is 10.5 Å². The minimum atomic E-state index is -0.369. The Balaban J connectivity index is 1.57. The normalized spacial score (nSPS) is 16.5. The monoisotopic (exact) mass is 379 g/mol. The third kappa shape index (κ3) is 4.02. The van der Waals surface area contributed by atoms with Crippen molar-refractivity contribution in [3.63, 3.8) is 0 Å². The topological polar surface area (TPSA) is 78.3 Å². The van der Waals surface area contributed by atoms with Crippen molar-refractivity contribution in [3.05, 3.63) is 41.9 Å². The lowest BCUT2D eigenvalue weighted by molar-refractivity contribution is 0.199. The summed E-state index contributed by atoms with van der Waals surface area (Å²) in [6.07, 6.45) is 7.02. The fourth-order valence-electron chi connectivity index (χ4n) is 3.79. The first-order chi connectivity index (χ1) is 13.3. The van der Waals surface area contributed by atoms with Gasteiger partial charge in [-0.3, -0.25) is 0 Å². The van der Waals surface area contributed by atoms with Crippen LogP contribution in [0.4, 0.5) is 0 Å². The molecule has 28 heavy (non-hydrogen) atoms. The van der Waals surface area contributed by atoms with Crippen molar-refractivity contribution in [1.82, 2.24) is 19.6 Å². The van der Waals surface area contributed by atoms with Crippen LogP contribution < -0.4 is 10.5 Å². The lowest BCUT2D eigenvalue weighted by Gasteiger charge is -2.26. The average molecular weight is 380 g/mol. The summed E-state index contributed by atoms with van der Waals surface area (Å²) in [5.41, 5.74) is 11.0. The van der Waals surface area contributed by atoms with Gasteiger partial charge in [-0.2, -0.15) is 5.10 Å². The Morgan fingerprint density at radius 2 is 2.07 bits per heavy atom. The van der Waals surface area contributed by atoms with Gasteiger partial charge in [0, 0.05) is 41.0 Å². The van der Waals surface area contributed by atoms with E-state index in [-0.39, 0.29) is 5.54 Å². The van der Waals surface area contributed by atoms with Crippen LogP contribution in [0, 0.1) is 12.8 Å². The van der Waals surface area contributed by atoms with Gasteiger partial charge >= 0.3 is 0 Å². The van der Waals surface area contributed by atoms with E-state index in [1.807, 2.05) is 36.8 Å². The summed E-state index contributed by atoms with van der Waals surface area (Å²) in [6.45, 7) is 8.83. The van der Waals surface area contributed by atoms with Crippen LogP contribution in [-0.4, -0.2) is 31.7 Å². The van der Waals surface area contributed by atoms with Gasteiger partial charge in [-0.05, 0) is 51.2 Å². The van der Waals surface area contributed by atoms with E-state index in [2.05, 4.69) is 35.9 Å². The van der Waals surface area contributed by atoms with Crippen molar-refractivity contribution in [2.45, 2.75) is 58.4 Å². The zero-order chi connectivity index (χ0) is 19.9. The molecule has 0 aromatic carbocycles. The quantitative estimate of drug-likeness (QED) is 0.668. The molecule has 1 saturated carbocycles. The first kappa shape index (κ1) is 18.9. The summed E-state index contributed by atoms with van der Waals surface area (Å²) < 4.78 is 7.87. The lowest BCUT2D eigenvalue weighted by atomic mass is 9.93. The summed E-state index contributed by atoms with van der Waals surface area (Å²) in [4.78, 5) is 9.02. The number of hydrogen-bond donors (Lipinski definition) is 1. The van der Waals surface area contributed by atoms with Gasteiger partial charge in [-0.25, -0.2) is 14.5 Å². The number of hydrogen-bond acceptors (Lipinski definition) is 5. The van der Waals surface area contributed by atoms with Crippen molar-refractivity contribution in [2.75, 3.05) is 6.61 Å². The Morgan fingerprint density at radius 3 is 2.75 bits per heavy atom. The maximum absolute atomic E-state index is 6.36. The van der Waals surface area contributed by atoms with Crippen molar-refractivity contribution in [1.29, 1.82) is 0 Å². The molecule has 1 aliphatic rings. The van der Waals surface area contributed by atoms with Crippen LogP contribution in [0.2, 0.25) is 0 Å². The summed E-state index contributed by atoms with van der Waals surface area (Å²) >= 11 is 0. The zero-order valence-corrected chi connectivity index (χ0v) is 17.1. The summed E-state index contributed by atoms with van der Waals surface area (Å²) in [6, 6.07) is 6.16. The van der Waals surface area contributed by atoms with E-state index in [9.17, 15) is 0 Å². The number of aryl methyl sites for hydroxylation is 1. The molecule has 0 spiro atoms. The SMILES string of the molecule is Cc1cc(-c2ccnc3cc(C4CC4)nn23)cnc1OC[C@](C)(N)CC(C)C. The second-order valence-corrected chi connectivity index (χ2v) is 8.83. The molecule has 3 aromatic rings. The Morgan fingerprint density at radius 1 is 1.29 bits per heavy atom. The molecule has 3 heterocycles. The minimum absolute atomic E-state index is 0.369. The van der Waals surface area contributed by atoms with Crippen LogP contribution in [0.15, 0.2) is 30.6 Å². The van der Waals surface area contributed by atoms with Crippen LogP contribution in [-0.2, 0) is 0 Å². The van der Waals surface area contributed by atoms with E-state index < -0.39 is 0 Å². The van der Waals surface area contributed by atoms with E-state index in [0.717, 1.165) is 34.6 Å². The average Bonchev–Trinajstić information content (AvgIpc) is 3.38. The standard InChI is InChI=1S/C22H29N5O/c1-14(2)11-22(4,23)13-28-21-15(3)9-17(12-25-21)19-7-8-24-20-10-18(16-5-6-16)26-27(19)20/h7-10,12,14,16H,5-6,11,13,23H2,1-4H3/t22-/m1/s1. The van der Waals surface area contributed by atoms with Gasteiger partial charge in [0.25, 0.3) is 0 Å². The summed E-state index contributed by atoms with van der Waals surface area (Å²) in [5, 5.41) is 4.78. The van der Waals surface area contributed by atoms with E-state index >= 15 is 0 Å². The number of aromatic nitrogens is 4. The van der Waals surface area contributed by atoms with Crippen molar-refractivity contribution in [3.8, 4) is 17.1 Å². The highest BCUT2D eigenvalue weighted by atomic mass is 16.5. The number of rotatable bonds is 7. The smallest absolute Gasteiger partial charge is 0.216 e. The van der Waals surface area contributed by atoms with Gasteiger partial charge in [0.2, 0.25) is 5.88 Å². The molecule has 6 nitrogen and oxygen atoms in total. The zero-order valence-electron chi connectivity index (χ0n) is 17.1. The number of nitrogens with zero attached hydrogens (tertiary/aromatic N) is 4. The summed E-state index contributed by atoms with van der Waals surface area (Å²) in [5.74, 6) is 1.76. The molecule has 1 fully saturated rings. The molecule has 1 atom stereocenters. The van der Waals surface area contributed by atoms with Crippen molar-refractivity contribution in [2.24, 2.45) is 11.7 Å². The Bertz CT molecular complexity index is 988. The number of nitrogens with two attached hydrogens (primary N) is 1. The molecule has 0 unspecified atom stereocenters. The first-order valence-corrected chi connectivity index (χ1v) is 10.1. The molecule has 0 amide bonds. The molecule has 1 aliphatic carbocycles. The first-order valence-electron chi connectivity index (χ1n) is 10.1. The van der Waals surface area contributed by atoms with Gasteiger partial charge in [-0.15, -0.1) is 0 Å². The van der Waals surface area contributed by atoms with Gasteiger partial charge in [0.05, 0.1) is 11.4 Å². The Labute approximate surface area is 166 Å².